The molecular formula is C6H13NO. The van der Waals surface area contributed by atoms with Crippen molar-refractivity contribution in [1.29, 1.82) is 0 Å². The molecular weight excluding hydrogens is 102 g/mol. The highest BCUT2D eigenvalue weighted by Gasteiger charge is 2.02. The highest BCUT2D eigenvalue weighted by Crippen LogP contribution is 1.97. The minimum absolute atomic E-state index is 0.176. The van der Waals surface area contributed by atoms with Crippen LogP contribution in [-0.2, 0) is 4.79 Å². The van der Waals surface area contributed by atoms with Gasteiger partial charge in [-0.3, -0.25) is 4.79 Å². The minimum atomic E-state index is -0.943. The van der Waals surface area contributed by atoms with E-state index in [1.165, 1.54) is 0 Å². The molecule has 2 nitrogen and oxygen atoms in total. The van der Waals surface area contributed by atoms with Crippen LogP contribution in [-0.4, -0.2) is 12.4 Å². The Bertz CT molecular complexity index is 127. The molecule has 1 amide bonds. The van der Waals surface area contributed by atoms with Crippen LogP contribution in [0.2, 0.25) is 1.41 Å². The lowest BCUT2D eigenvalue weighted by Gasteiger charge is -2.12. The van der Waals surface area contributed by atoms with Crippen molar-refractivity contribution in [2.45, 2.75) is 26.8 Å². The van der Waals surface area contributed by atoms with E-state index >= 15 is 0 Å². The Hall–Kier alpha value is -0.530. The van der Waals surface area contributed by atoms with Gasteiger partial charge in [0, 0.05) is 6.04 Å². The van der Waals surface area contributed by atoms with Gasteiger partial charge < -0.3 is 5.31 Å². The predicted octanol–water partition coefficient (Wildman–Crippen LogP) is 0.777. The van der Waals surface area contributed by atoms with Gasteiger partial charge in [0.05, 0.1) is 0 Å². The first-order chi connectivity index (χ1) is 4.46. The number of hydrogen-bond donors (Lipinski definition) is 1. The van der Waals surface area contributed by atoms with Crippen LogP contribution < -0.4 is 5.31 Å². The molecule has 48 valence electrons. The van der Waals surface area contributed by atoms with Crippen LogP contribution >= 0.6 is 0 Å². The van der Waals surface area contributed by atoms with Crippen molar-refractivity contribution in [3.05, 3.63) is 0 Å². The van der Waals surface area contributed by atoms with Crippen molar-refractivity contribution < 1.29 is 7.58 Å². The Morgan fingerprint density at radius 3 is 2.38 bits per heavy atom. The van der Waals surface area contributed by atoms with Crippen LogP contribution in [0.5, 0.6) is 0 Å². The molecule has 0 fully saturated rings. The Morgan fingerprint density at radius 2 is 2.25 bits per heavy atom. The fraction of sp³-hybridized carbons (Fsp3) is 0.833. The fourth-order valence-electron chi connectivity index (χ4n) is 0.232. The zero-order valence-corrected chi connectivity index (χ0v) is 5.51. The van der Waals surface area contributed by atoms with Crippen molar-refractivity contribution in [3.63, 3.8) is 0 Å². The summed E-state index contributed by atoms with van der Waals surface area (Å²) in [6.07, 6.45) is -0.943. The molecule has 0 rings (SSSR count). The van der Waals surface area contributed by atoms with Gasteiger partial charge in [-0.05, 0) is 12.8 Å². The Morgan fingerprint density at radius 1 is 1.75 bits per heavy atom. The molecule has 0 bridgehead atoms. The van der Waals surface area contributed by atoms with Crippen molar-refractivity contribution in [3.8, 4) is 0 Å². The Kier molecular flexibility index (Phi) is 1.89. The normalized spacial score (nSPS) is 17.0. The molecule has 0 aromatic rings. The second-order valence-electron chi connectivity index (χ2n) is 2.21. The average molecular weight is 119 g/mol. The van der Waals surface area contributed by atoms with Crippen molar-refractivity contribution in [1.82, 2.24) is 5.31 Å². The Balaban J connectivity index is 3.94. The highest BCUT2D eigenvalue weighted by molar-refractivity contribution is 5.46. The zero-order chi connectivity index (χ0) is 8.31. The molecule has 1 atom stereocenters. The molecule has 0 aliphatic carbocycles. The van der Waals surface area contributed by atoms with Crippen LogP contribution in [0.1, 0.15) is 22.1 Å². The van der Waals surface area contributed by atoms with E-state index in [9.17, 15) is 4.79 Å². The van der Waals surface area contributed by atoms with Gasteiger partial charge in [0.1, 0.15) is 1.37 Å². The quantitative estimate of drug-likeness (QED) is 0.535. The topological polar surface area (TPSA) is 29.1 Å². The first kappa shape index (κ1) is 4.36. The summed E-state index contributed by atoms with van der Waals surface area (Å²) in [4.78, 5) is 10.3. The fourth-order valence-corrected chi connectivity index (χ4v) is 0.232. The number of carbonyl (C=O) groups excluding carboxylic acids is 1. The van der Waals surface area contributed by atoms with E-state index in [4.69, 9.17) is 2.78 Å². The van der Waals surface area contributed by atoms with E-state index in [1.54, 1.807) is 6.92 Å². The van der Waals surface area contributed by atoms with Crippen molar-refractivity contribution in [2.75, 3.05) is 0 Å². The maximum Gasteiger partial charge on any atom is 0.207 e. The molecule has 0 spiro atoms. The molecule has 0 radical (unpaired) electrons. The molecule has 1 unspecified atom stereocenters. The molecule has 0 saturated carbocycles. The van der Waals surface area contributed by atoms with E-state index in [1.807, 2.05) is 13.8 Å². The van der Waals surface area contributed by atoms with Crippen molar-refractivity contribution in [2.24, 2.45) is 5.92 Å². The monoisotopic (exact) mass is 119 g/mol. The predicted molar refractivity (Wildman–Crippen MR) is 33.5 cm³/mol. The van der Waals surface area contributed by atoms with E-state index in [0.717, 1.165) is 0 Å². The number of carbonyl (C=O) groups is 1. The second kappa shape index (κ2) is 3.47. The molecule has 0 aliphatic heterocycles. The number of nitrogens with one attached hydrogen (secondary N) is 1. The summed E-state index contributed by atoms with van der Waals surface area (Å²) < 4.78 is 13.7. The zero-order valence-electron chi connectivity index (χ0n) is 7.51. The minimum Gasteiger partial charge on any atom is -0.356 e. The van der Waals surface area contributed by atoms with Crippen LogP contribution in [0, 0.1) is 5.92 Å². The smallest absolute Gasteiger partial charge is 0.207 e. The Labute approximate surface area is 53.1 Å². The lowest BCUT2D eigenvalue weighted by atomic mass is 10.1. The van der Waals surface area contributed by atoms with Gasteiger partial charge in [-0.2, -0.15) is 0 Å². The molecule has 0 saturated heterocycles. The SMILES string of the molecule is [3H]C(=O)N([3H])C(C)C(C)C. The number of hydrogen-bond acceptors (Lipinski definition) is 1. The summed E-state index contributed by atoms with van der Waals surface area (Å²) in [5.41, 5.74) is 0. The summed E-state index contributed by atoms with van der Waals surface area (Å²) in [5.74, 6) is 0.229. The summed E-state index contributed by atoms with van der Waals surface area (Å²) in [6, 6.07) is -0.176. The van der Waals surface area contributed by atoms with Crippen LogP contribution in [0.4, 0.5) is 0 Å². The van der Waals surface area contributed by atoms with Gasteiger partial charge >= 0.3 is 0 Å². The van der Waals surface area contributed by atoms with Gasteiger partial charge in [0.15, 0.2) is 1.41 Å². The second-order valence-corrected chi connectivity index (χ2v) is 2.21. The molecule has 8 heavy (non-hydrogen) atoms. The van der Waals surface area contributed by atoms with Gasteiger partial charge in [-0.1, -0.05) is 13.8 Å². The van der Waals surface area contributed by atoms with Crippen LogP contribution in [0.3, 0.4) is 0 Å². The summed E-state index contributed by atoms with van der Waals surface area (Å²) in [5, 5.41) is 0.685. The lowest BCUT2D eigenvalue weighted by Crippen LogP contribution is -2.29. The summed E-state index contributed by atoms with van der Waals surface area (Å²) in [7, 11) is 0. The molecule has 0 aromatic carbocycles. The first-order valence-corrected chi connectivity index (χ1v) is 2.75. The molecule has 0 aromatic heterocycles. The van der Waals surface area contributed by atoms with E-state index in [0.29, 0.717) is 5.31 Å². The molecule has 2 heteroatoms. The molecule has 0 aliphatic rings. The van der Waals surface area contributed by atoms with Gasteiger partial charge in [-0.15, -0.1) is 0 Å². The third-order valence-electron chi connectivity index (χ3n) is 1.22. The van der Waals surface area contributed by atoms with Gasteiger partial charge in [0.25, 0.3) is 0 Å². The van der Waals surface area contributed by atoms with Crippen LogP contribution in [0.25, 0.3) is 0 Å². The third kappa shape index (κ3) is 2.61. The van der Waals surface area contributed by atoms with Gasteiger partial charge in [0.2, 0.25) is 6.39 Å². The number of rotatable bonds is 2. The molecule has 1 N–H and O–H groups in total. The maximum absolute atomic E-state index is 10.3. The van der Waals surface area contributed by atoms with E-state index in [-0.39, 0.29) is 12.0 Å². The first-order valence-electron chi connectivity index (χ1n) is 3.70. The van der Waals surface area contributed by atoms with Gasteiger partial charge in [-0.25, -0.2) is 0 Å². The molecule has 0 heterocycles. The van der Waals surface area contributed by atoms with Crippen molar-refractivity contribution >= 4 is 6.39 Å². The third-order valence-corrected chi connectivity index (χ3v) is 1.22. The summed E-state index contributed by atoms with van der Waals surface area (Å²) >= 11 is 0. The lowest BCUT2D eigenvalue weighted by molar-refractivity contribution is -0.110. The van der Waals surface area contributed by atoms with E-state index < -0.39 is 6.39 Å². The largest absolute Gasteiger partial charge is 0.356 e. The van der Waals surface area contributed by atoms with E-state index in [2.05, 4.69) is 0 Å². The average Bonchev–Trinajstić information content (AvgIpc) is 1.84. The number of amides is 1. The maximum atomic E-state index is 10.3. The summed E-state index contributed by atoms with van der Waals surface area (Å²) in [6.45, 7) is 5.58. The highest BCUT2D eigenvalue weighted by atomic mass is 16.1. The standard InChI is InChI=1S/C6H13NO/c1-5(2)6(3)7-4-8/h4-6H,1-3H3,(H,7,8)/i4T/hT. The van der Waals surface area contributed by atoms with Crippen LogP contribution in [0.15, 0.2) is 0 Å².